The van der Waals surface area contributed by atoms with Crippen LogP contribution in [0.1, 0.15) is 17.0 Å². The van der Waals surface area contributed by atoms with Crippen LogP contribution in [0.15, 0.2) is 52.4 Å². The molecule has 0 bridgehead atoms. The maximum atomic E-state index is 15.2. The minimum atomic E-state index is -0.600. The number of hydrogen-bond donors (Lipinski definition) is 0. The third kappa shape index (κ3) is 4.19. The van der Waals surface area contributed by atoms with Crippen LogP contribution in [0, 0.1) is 19.7 Å². The second-order valence-electron chi connectivity index (χ2n) is 8.22. The van der Waals surface area contributed by atoms with Crippen LogP contribution in [0.25, 0.3) is 22.4 Å². The highest BCUT2D eigenvalue weighted by molar-refractivity contribution is 5.73. The number of aryl methyl sites for hydroxylation is 3. The first-order chi connectivity index (χ1) is 17.4. The predicted octanol–water partition coefficient (Wildman–Crippen LogP) is 3.87. The molecule has 5 rings (SSSR count). The Hall–Kier alpha value is -4.54. The maximum Gasteiger partial charge on any atom is 0.190 e. The molecule has 4 heterocycles. The highest BCUT2D eigenvalue weighted by Crippen LogP contribution is 2.32. The summed E-state index contributed by atoms with van der Waals surface area (Å²) < 4.78 is 34.6. The van der Waals surface area contributed by atoms with E-state index >= 15 is 4.39 Å². The van der Waals surface area contributed by atoms with E-state index < -0.39 is 5.82 Å². The van der Waals surface area contributed by atoms with Crippen molar-refractivity contribution in [3.8, 4) is 22.8 Å². The number of methoxy groups -OCH3 is 2. The molecule has 10 nitrogen and oxygen atoms in total. The van der Waals surface area contributed by atoms with Crippen molar-refractivity contribution in [2.24, 2.45) is 12.0 Å². The van der Waals surface area contributed by atoms with E-state index in [2.05, 4.69) is 20.2 Å². The van der Waals surface area contributed by atoms with Crippen molar-refractivity contribution in [1.29, 1.82) is 0 Å². The van der Waals surface area contributed by atoms with Crippen LogP contribution in [-0.2, 0) is 13.6 Å². The average Bonchev–Trinajstić information content (AvgIpc) is 3.46. The molecule has 0 radical (unpaired) electrons. The number of pyridine rings is 1. The van der Waals surface area contributed by atoms with Crippen molar-refractivity contribution in [2.45, 2.75) is 20.4 Å². The molecule has 184 valence electrons. The van der Waals surface area contributed by atoms with Gasteiger partial charge in [0, 0.05) is 36.5 Å². The topological polar surface area (TPSA) is 105 Å². The Morgan fingerprint density at radius 1 is 1.11 bits per heavy atom. The van der Waals surface area contributed by atoms with Gasteiger partial charge in [-0.1, -0.05) is 5.16 Å². The third-order valence-corrected chi connectivity index (χ3v) is 5.89. The number of benzene rings is 1. The van der Waals surface area contributed by atoms with Crippen LogP contribution in [0.4, 0.5) is 10.1 Å². The van der Waals surface area contributed by atoms with Gasteiger partial charge in [0.25, 0.3) is 0 Å². The second-order valence-corrected chi connectivity index (χ2v) is 8.22. The molecule has 0 aliphatic heterocycles. The first kappa shape index (κ1) is 23.2. The van der Waals surface area contributed by atoms with E-state index in [9.17, 15) is 0 Å². The average molecular weight is 490 g/mol. The highest BCUT2D eigenvalue weighted by Gasteiger charge is 2.16. The molecule has 0 aliphatic rings. The number of rotatable bonds is 6. The van der Waals surface area contributed by atoms with Gasteiger partial charge in [-0.25, -0.2) is 14.4 Å². The fourth-order valence-electron chi connectivity index (χ4n) is 3.92. The molecular weight excluding hydrogens is 465 g/mol. The molecule has 0 fully saturated rings. The third-order valence-electron chi connectivity index (χ3n) is 5.89. The molecule has 1 aromatic carbocycles. The van der Waals surface area contributed by atoms with Crippen molar-refractivity contribution in [3.05, 3.63) is 71.2 Å². The summed E-state index contributed by atoms with van der Waals surface area (Å²) >= 11 is 0. The smallest absolute Gasteiger partial charge is 0.190 e. The van der Waals surface area contributed by atoms with Crippen LogP contribution in [0.5, 0.6) is 11.5 Å². The Morgan fingerprint density at radius 2 is 1.94 bits per heavy atom. The summed E-state index contributed by atoms with van der Waals surface area (Å²) in [5.41, 5.74) is 4.82. The minimum absolute atomic E-state index is 0.0322. The normalized spacial score (nSPS) is 11.9. The molecule has 0 atom stereocenters. The van der Waals surface area contributed by atoms with Crippen LogP contribution in [0.2, 0.25) is 0 Å². The Morgan fingerprint density at radius 3 is 2.61 bits per heavy atom. The molecule has 0 saturated carbocycles. The number of hydrogen-bond acceptors (Lipinski definition) is 8. The van der Waals surface area contributed by atoms with Crippen LogP contribution >= 0.6 is 0 Å². The molecule has 36 heavy (non-hydrogen) atoms. The number of halogens is 1. The van der Waals surface area contributed by atoms with Gasteiger partial charge in [-0.3, -0.25) is 9.67 Å². The van der Waals surface area contributed by atoms with E-state index in [1.54, 1.807) is 29.2 Å². The maximum absolute atomic E-state index is 15.2. The van der Waals surface area contributed by atoms with Crippen LogP contribution in [-0.4, -0.2) is 43.7 Å². The van der Waals surface area contributed by atoms with Crippen molar-refractivity contribution in [2.75, 3.05) is 14.2 Å². The van der Waals surface area contributed by atoms with Gasteiger partial charge in [-0.15, -0.1) is 0 Å². The predicted molar refractivity (Wildman–Crippen MR) is 130 cm³/mol. The van der Waals surface area contributed by atoms with Crippen molar-refractivity contribution < 1.29 is 18.4 Å². The van der Waals surface area contributed by atoms with E-state index in [0.29, 0.717) is 40.4 Å². The Kier molecular flexibility index (Phi) is 5.96. The van der Waals surface area contributed by atoms with Gasteiger partial charge < -0.3 is 18.6 Å². The van der Waals surface area contributed by atoms with Crippen LogP contribution < -0.4 is 15.0 Å². The number of fused-ring (bicyclic) bond motifs is 1. The van der Waals surface area contributed by atoms with E-state index in [4.69, 9.17) is 19.0 Å². The SMILES string of the molecule is COc1cc(/N=c2\ccc3ncc(-c4cnn(C)c4)nc3n2Cc2c(C)noc2C)c(F)c(OC)c1. The van der Waals surface area contributed by atoms with Gasteiger partial charge in [-0.05, 0) is 26.0 Å². The molecule has 0 aliphatic carbocycles. The molecule has 0 N–H and O–H groups in total. The molecule has 0 saturated heterocycles. The first-order valence-electron chi connectivity index (χ1n) is 11.1. The Balaban J connectivity index is 1.79. The minimum Gasteiger partial charge on any atom is -0.497 e. The summed E-state index contributed by atoms with van der Waals surface area (Å²) in [4.78, 5) is 14.1. The second kappa shape index (κ2) is 9.25. The summed E-state index contributed by atoms with van der Waals surface area (Å²) in [5, 5.41) is 8.31. The molecule has 11 heteroatoms. The lowest BCUT2D eigenvalue weighted by Crippen LogP contribution is -2.23. The van der Waals surface area contributed by atoms with Gasteiger partial charge in [0.05, 0.1) is 44.5 Å². The molecule has 4 aromatic heterocycles. The fourth-order valence-corrected chi connectivity index (χ4v) is 3.92. The van der Waals surface area contributed by atoms with Gasteiger partial charge in [0.1, 0.15) is 28.2 Å². The first-order valence-corrected chi connectivity index (χ1v) is 11.1. The highest BCUT2D eigenvalue weighted by atomic mass is 19.1. The van der Waals surface area contributed by atoms with Gasteiger partial charge >= 0.3 is 0 Å². The number of ether oxygens (including phenoxy) is 2. The van der Waals surface area contributed by atoms with Gasteiger partial charge in [-0.2, -0.15) is 5.10 Å². The Labute approximate surface area is 205 Å². The lowest BCUT2D eigenvalue weighted by Gasteiger charge is -2.13. The molecule has 5 aromatic rings. The summed E-state index contributed by atoms with van der Waals surface area (Å²) in [5.74, 6) is 0.527. The zero-order valence-electron chi connectivity index (χ0n) is 20.5. The van der Waals surface area contributed by atoms with E-state index in [0.717, 1.165) is 16.8 Å². The van der Waals surface area contributed by atoms with E-state index in [1.807, 2.05) is 31.7 Å². The largest absolute Gasteiger partial charge is 0.497 e. The zero-order chi connectivity index (χ0) is 25.4. The summed E-state index contributed by atoms with van der Waals surface area (Å²) in [6, 6.07) is 6.55. The van der Waals surface area contributed by atoms with Gasteiger partial charge in [0.2, 0.25) is 0 Å². The van der Waals surface area contributed by atoms with Crippen molar-refractivity contribution in [3.63, 3.8) is 0 Å². The standard InChI is InChI=1S/C25H24FN7O3/c1-14-18(15(2)36-31-14)13-33-23(29-20-8-17(34-4)9-22(35-5)24(20)26)7-6-19-25(33)30-21(11-27-19)16-10-28-32(3)12-16/h6-12H,13H2,1-5H3/b29-23+. The fraction of sp³-hybridized carbons (Fsp3) is 0.240. The van der Waals surface area contributed by atoms with E-state index in [-0.39, 0.29) is 11.4 Å². The number of aromatic nitrogens is 6. The lowest BCUT2D eigenvalue weighted by atomic mass is 10.2. The molecule has 0 amide bonds. The molecular formula is C25H24FN7O3. The quantitative estimate of drug-likeness (QED) is 0.356. The van der Waals surface area contributed by atoms with Gasteiger partial charge in [0.15, 0.2) is 17.2 Å². The van der Waals surface area contributed by atoms with E-state index in [1.165, 1.54) is 26.4 Å². The molecule has 0 unspecified atom stereocenters. The summed E-state index contributed by atoms with van der Waals surface area (Å²) in [7, 11) is 4.73. The van der Waals surface area contributed by atoms with Crippen molar-refractivity contribution >= 4 is 16.9 Å². The monoisotopic (exact) mass is 489 g/mol. The number of nitrogens with zero attached hydrogens (tertiary/aromatic N) is 7. The summed E-state index contributed by atoms with van der Waals surface area (Å²) in [6.45, 7) is 4.05. The molecule has 0 spiro atoms. The van der Waals surface area contributed by atoms with Crippen molar-refractivity contribution in [1.82, 2.24) is 29.5 Å². The Bertz CT molecular complexity index is 1630. The van der Waals surface area contributed by atoms with Crippen LogP contribution in [0.3, 0.4) is 0 Å². The summed E-state index contributed by atoms with van der Waals surface area (Å²) in [6.07, 6.45) is 5.28. The zero-order valence-corrected chi connectivity index (χ0v) is 20.5. The lowest BCUT2D eigenvalue weighted by molar-refractivity contribution is 0.374.